The maximum atomic E-state index is 13.6. The summed E-state index contributed by atoms with van der Waals surface area (Å²) in [4.78, 5) is 28.3. The number of nitrogens with zero attached hydrogens (tertiary/aromatic N) is 2. The van der Waals surface area contributed by atoms with Crippen LogP contribution in [0.5, 0.6) is 0 Å². The number of nitrogens with two attached hydrogens (primary N) is 1. The Bertz CT molecular complexity index is 782. The molecule has 0 radical (unpaired) electrons. The molecule has 3 saturated heterocycles. The van der Waals surface area contributed by atoms with Gasteiger partial charge in [0.2, 0.25) is 5.91 Å². The topological polar surface area (TPSA) is 140 Å². The van der Waals surface area contributed by atoms with Crippen molar-refractivity contribution in [3.8, 4) is 0 Å². The molecule has 3 heterocycles. The molecule has 3 fully saturated rings. The van der Waals surface area contributed by atoms with Crippen molar-refractivity contribution >= 4 is 11.9 Å². The van der Waals surface area contributed by atoms with Crippen LogP contribution < -0.4 is 16.4 Å². The third-order valence-electron chi connectivity index (χ3n) is 5.20. The molecule has 1 aromatic carbocycles. The first kappa shape index (κ1) is 19.0. The molecule has 3 aliphatic heterocycles. The lowest BCUT2D eigenvalue weighted by Crippen LogP contribution is -2.71. The Morgan fingerprint density at radius 1 is 1.36 bits per heavy atom. The van der Waals surface area contributed by atoms with E-state index in [0.717, 1.165) is 0 Å². The molecular weight excluding hydrogens is 373 g/mol. The summed E-state index contributed by atoms with van der Waals surface area (Å²) < 4.78 is 19.2. The van der Waals surface area contributed by atoms with Gasteiger partial charge in [-0.2, -0.15) is 0 Å². The van der Waals surface area contributed by atoms with E-state index >= 15 is 0 Å². The van der Waals surface area contributed by atoms with Crippen molar-refractivity contribution in [2.75, 3.05) is 6.61 Å². The van der Waals surface area contributed by atoms with Crippen LogP contribution in [0.25, 0.3) is 0 Å². The number of fused-ring (bicyclic) bond motifs is 1. The average molecular weight is 395 g/mol. The Kier molecular flexibility index (Phi) is 4.93. The van der Waals surface area contributed by atoms with Crippen molar-refractivity contribution in [1.29, 1.82) is 0 Å². The highest BCUT2D eigenvalue weighted by molar-refractivity contribution is 5.92. The molecule has 10 nitrogen and oxygen atoms in total. The fourth-order valence-electron chi connectivity index (χ4n) is 3.99. The van der Waals surface area contributed by atoms with Crippen molar-refractivity contribution in [2.45, 2.75) is 49.9 Å². The SMILES string of the molecule is NC1NC(=O)C2C(N1)N([C@@H]1O[C@H](CO)C[C@H]1O)C(=O)N2Cc1cccc(F)c1. The van der Waals surface area contributed by atoms with E-state index in [1.807, 2.05) is 0 Å². The molecule has 0 saturated carbocycles. The fourth-order valence-corrected chi connectivity index (χ4v) is 3.99. The first-order chi connectivity index (χ1) is 13.4. The van der Waals surface area contributed by atoms with Crippen molar-refractivity contribution in [2.24, 2.45) is 5.73 Å². The molecule has 6 N–H and O–H groups in total. The molecule has 28 heavy (non-hydrogen) atoms. The molecule has 0 bridgehead atoms. The smallest absolute Gasteiger partial charge is 0.324 e. The summed E-state index contributed by atoms with van der Waals surface area (Å²) in [7, 11) is 0. The standard InChI is InChI=1S/C17H22FN5O5/c18-9-3-1-2-8(4-9)6-22-12-13(20-16(19)21-14(12)26)23(17(22)27)15-11(25)5-10(7-24)28-15/h1-4,10-13,15-16,20,24-25H,5-7,19H2,(H,21,26)/t10-,11+,12?,13?,15+,16?/m0/s1. The fraction of sp³-hybridized carbons (Fsp3) is 0.529. The minimum absolute atomic E-state index is 0.00909. The molecule has 3 unspecified atom stereocenters. The van der Waals surface area contributed by atoms with E-state index in [1.54, 1.807) is 6.07 Å². The first-order valence-electron chi connectivity index (χ1n) is 8.99. The summed E-state index contributed by atoms with van der Waals surface area (Å²) >= 11 is 0. The van der Waals surface area contributed by atoms with Crippen LogP contribution in [-0.2, 0) is 16.1 Å². The van der Waals surface area contributed by atoms with Gasteiger partial charge in [0.25, 0.3) is 0 Å². The van der Waals surface area contributed by atoms with Gasteiger partial charge in [0, 0.05) is 13.0 Å². The van der Waals surface area contributed by atoms with Gasteiger partial charge in [-0.3, -0.25) is 20.7 Å². The molecule has 152 valence electrons. The summed E-state index contributed by atoms with van der Waals surface area (Å²) in [5.41, 5.74) is 6.31. The molecule has 0 spiro atoms. The normalized spacial score (nSPS) is 35.3. The van der Waals surface area contributed by atoms with Crippen LogP contribution in [0, 0.1) is 5.82 Å². The Morgan fingerprint density at radius 2 is 2.14 bits per heavy atom. The van der Waals surface area contributed by atoms with Crippen LogP contribution in [0.4, 0.5) is 9.18 Å². The van der Waals surface area contributed by atoms with Gasteiger partial charge in [-0.1, -0.05) is 12.1 Å². The number of carbonyl (C=O) groups is 2. The number of aliphatic hydroxyl groups is 2. The van der Waals surface area contributed by atoms with Gasteiger partial charge in [0.05, 0.1) is 12.7 Å². The second-order valence-electron chi connectivity index (χ2n) is 7.12. The zero-order chi connectivity index (χ0) is 20.0. The van der Waals surface area contributed by atoms with Gasteiger partial charge in [-0.25, -0.2) is 9.18 Å². The number of ether oxygens (including phenoxy) is 1. The lowest BCUT2D eigenvalue weighted by molar-refractivity contribution is -0.133. The van der Waals surface area contributed by atoms with Crippen LogP contribution >= 0.6 is 0 Å². The maximum absolute atomic E-state index is 13.6. The average Bonchev–Trinajstić information content (AvgIpc) is 3.12. The van der Waals surface area contributed by atoms with E-state index in [2.05, 4.69) is 10.6 Å². The monoisotopic (exact) mass is 395 g/mol. The van der Waals surface area contributed by atoms with Crippen LogP contribution in [0.1, 0.15) is 12.0 Å². The van der Waals surface area contributed by atoms with E-state index in [1.165, 1.54) is 28.0 Å². The summed E-state index contributed by atoms with van der Waals surface area (Å²) in [6.07, 6.45) is -4.26. The highest BCUT2D eigenvalue weighted by atomic mass is 19.1. The van der Waals surface area contributed by atoms with E-state index < -0.39 is 54.7 Å². The van der Waals surface area contributed by atoms with Gasteiger partial charge < -0.3 is 25.2 Å². The van der Waals surface area contributed by atoms with Crippen LogP contribution in [0.15, 0.2) is 24.3 Å². The maximum Gasteiger partial charge on any atom is 0.324 e. The number of hydrogen-bond acceptors (Lipinski definition) is 7. The lowest BCUT2D eigenvalue weighted by atomic mass is 10.1. The summed E-state index contributed by atoms with van der Waals surface area (Å²) in [6, 6.07) is 4.24. The highest BCUT2D eigenvalue weighted by Gasteiger charge is 2.57. The number of rotatable bonds is 4. The van der Waals surface area contributed by atoms with Crippen molar-refractivity contribution < 1.29 is 28.9 Å². The molecule has 6 atom stereocenters. The lowest BCUT2D eigenvalue weighted by Gasteiger charge is -2.37. The van der Waals surface area contributed by atoms with Crippen LogP contribution in [-0.4, -0.2) is 75.5 Å². The number of hydrogen-bond donors (Lipinski definition) is 5. The molecule has 4 rings (SSSR count). The molecular formula is C17H22FN5O5. The third-order valence-corrected chi connectivity index (χ3v) is 5.20. The third kappa shape index (κ3) is 3.20. The second kappa shape index (κ2) is 7.26. The van der Waals surface area contributed by atoms with Gasteiger partial charge in [-0.15, -0.1) is 0 Å². The summed E-state index contributed by atoms with van der Waals surface area (Å²) in [6.45, 7) is -0.311. The number of benzene rings is 1. The second-order valence-corrected chi connectivity index (χ2v) is 7.12. The summed E-state index contributed by atoms with van der Waals surface area (Å²) in [5, 5.41) is 25.1. The molecule has 11 heteroatoms. The molecule has 3 aliphatic rings. The Morgan fingerprint density at radius 3 is 2.82 bits per heavy atom. The molecule has 0 aliphatic carbocycles. The molecule has 0 aromatic heterocycles. The molecule has 1 aromatic rings. The molecule has 3 amide bonds. The zero-order valence-electron chi connectivity index (χ0n) is 14.9. The van der Waals surface area contributed by atoms with Crippen molar-refractivity contribution in [1.82, 2.24) is 20.4 Å². The number of nitrogens with one attached hydrogen (secondary N) is 2. The summed E-state index contributed by atoms with van der Waals surface area (Å²) in [5.74, 6) is -0.916. The quantitative estimate of drug-likeness (QED) is 0.405. The van der Waals surface area contributed by atoms with Crippen LogP contribution in [0.3, 0.4) is 0 Å². The minimum Gasteiger partial charge on any atom is -0.394 e. The van der Waals surface area contributed by atoms with E-state index in [9.17, 15) is 24.2 Å². The Hall–Kier alpha value is -2.31. The van der Waals surface area contributed by atoms with Crippen LogP contribution in [0.2, 0.25) is 0 Å². The number of carbonyl (C=O) groups excluding carboxylic acids is 2. The Labute approximate surface area is 160 Å². The van der Waals surface area contributed by atoms with Gasteiger partial charge in [-0.05, 0) is 17.7 Å². The number of halogens is 1. The minimum atomic E-state index is -1.04. The van der Waals surface area contributed by atoms with Gasteiger partial charge in [0.1, 0.15) is 30.4 Å². The first-order valence-corrected chi connectivity index (χ1v) is 8.99. The highest BCUT2D eigenvalue weighted by Crippen LogP contribution is 2.33. The van der Waals surface area contributed by atoms with Gasteiger partial charge in [0.15, 0.2) is 6.23 Å². The Balaban J connectivity index is 1.65. The van der Waals surface area contributed by atoms with E-state index in [0.29, 0.717) is 5.56 Å². The predicted octanol–water partition coefficient (Wildman–Crippen LogP) is -1.81. The van der Waals surface area contributed by atoms with Crippen molar-refractivity contribution in [3.05, 3.63) is 35.6 Å². The van der Waals surface area contributed by atoms with Gasteiger partial charge >= 0.3 is 6.03 Å². The van der Waals surface area contributed by atoms with E-state index in [-0.39, 0.29) is 19.6 Å². The van der Waals surface area contributed by atoms with E-state index in [4.69, 9.17) is 10.5 Å². The van der Waals surface area contributed by atoms with Crippen molar-refractivity contribution in [3.63, 3.8) is 0 Å². The number of urea groups is 1. The zero-order valence-corrected chi connectivity index (χ0v) is 14.9. The largest absolute Gasteiger partial charge is 0.394 e. The number of aliphatic hydroxyl groups excluding tert-OH is 2. The predicted molar refractivity (Wildman–Crippen MR) is 92.4 cm³/mol. The number of amides is 3.